The zero-order chi connectivity index (χ0) is 21.0. The van der Waals surface area contributed by atoms with Crippen molar-refractivity contribution in [1.82, 2.24) is 20.2 Å². The van der Waals surface area contributed by atoms with Gasteiger partial charge in [0.15, 0.2) is 0 Å². The molecule has 2 atom stereocenters. The number of hydrogen-bond donors (Lipinski definition) is 2. The van der Waals surface area contributed by atoms with E-state index >= 15 is 0 Å². The summed E-state index contributed by atoms with van der Waals surface area (Å²) in [6.45, 7) is 4.44. The number of alkyl carbamates (subject to hydrolysis) is 1. The summed E-state index contributed by atoms with van der Waals surface area (Å²) in [7, 11) is 2.92. The molecule has 0 saturated carbocycles. The van der Waals surface area contributed by atoms with Crippen molar-refractivity contribution in [2.24, 2.45) is 5.92 Å². The van der Waals surface area contributed by atoms with E-state index in [0.717, 1.165) is 35.7 Å². The van der Waals surface area contributed by atoms with Gasteiger partial charge in [-0.3, -0.25) is 4.79 Å². The third kappa shape index (κ3) is 4.52. The molecule has 1 fully saturated rings. The van der Waals surface area contributed by atoms with Crippen LogP contribution < -0.4 is 10.1 Å². The van der Waals surface area contributed by atoms with Gasteiger partial charge in [-0.15, -0.1) is 0 Å². The highest BCUT2D eigenvalue weighted by atomic mass is 16.5. The molecule has 1 aromatic carbocycles. The van der Waals surface area contributed by atoms with E-state index in [1.54, 1.807) is 18.2 Å². The van der Waals surface area contributed by atoms with Gasteiger partial charge in [0.2, 0.25) is 5.91 Å². The highest BCUT2D eigenvalue weighted by molar-refractivity contribution is 5.86. The summed E-state index contributed by atoms with van der Waals surface area (Å²) in [6, 6.07) is 6.93. The van der Waals surface area contributed by atoms with E-state index in [4.69, 9.17) is 4.74 Å². The molecular weight excluding hydrogens is 372 g/mol. The zero-order valence-electron chi connectivity index (χ0n) is 17.3. The average Bonchev–Trinajstić information content (AvgIpc) is 3.40. The monoisotopic (exact) mass is 400 g/mol. The van der Waals surface area contributed by atoms with Crippen molar-refractivity contribution in [3.63, 3.8) is 0 Å². The normalized spacial score (nSPS) is 17.3. The Labute approximate surface area is 170 Å². The van der Waals surface area contributed by atoms with Gasteiger partial charge >= 0.3 is 6.09 Å². The quantitative estimate of drug-likeness (QED) is 0.777. The summed E-state index contributed by atoms with van der Waals surface area (Å²) >= 11 is 0. The second kappa shape index (κ2) is 8.98. The van der Waals surface area contributed by atoms with Gasteiger partial charge in [0.1, 0.15) is 17.6 Å². The average molecular weight is 400 g/mol. The summed E-state index contributed by atoms with van der Waals surface area (Å²) in [5, 5.41) is 2.66. The highest BCUT2D eigenvalue weighted by Gasteiger charge is 2.37. The minimum Gasteiger partial charge on any atom is -0.497 e. The third-order valence-electron chi connectivity index (χ3n) is 5.24. The molecule has 0 spiro atoms. The van der Waals surface area contributed by atoms with Gasteiger partial charge < -0.3 is 24.7 Å². The lowest BCUT2D eigenvalue weighted by Crippen LogP contribution is -2.51. The van der Waals surface area contributed by atoms with Gasteiger partial charge in [-0.1, -0.05) is 13.8 Å². The smallest absolute Gasteiger partial charge is 0.407 e. The number of nitrogens with zero attached hydrogens (tertiary/aromatic N) is 2. The molecule has 1 aliphatic heterocycles. The van der Waals surface area contributed by atoms with Crippen LogP contribution in [0, 0.1) is 5.92 Å². The molecule has 29 heavy (non-hydrogen) atoms. The zero-order valence-corrected chi connectivity index (χ0v) is 17.3. The molecule has 156 valence electrons. The van der Waals surface area contributed by atoms with Gasteiger partial charge in [0.25, 0.3) is 0 Å². The van der Waals surface area contributed by atoms with Crippen molar-refractivity contribution in [3.05, 3.63) is 36.3 Å². The van der Waals surface area contributed by atoms with E-state index < -0.39 is 12.1 Å². The molecule has 1 aliphatic rings. The lowest BCUT2D eigenvalue weighted by atomic mass is 10.0. The molecule has 2 aromatic rings. The molecule has 2 heterocycles. The van der Waals surface area contributed by atoms with E-state index in [-0.39, 0.29) is 17.9 Å². The number of rotatable bonds is 6. The number of likely N-dealkylation sites (tertiary alicyclic amines) is 1. The molecule has 0 aliphatic carbocycles. The molecule has 0 unspecified atom stereocenters. The fourth-order valence-electron chi connectivity index (χ4n) is 3.62. The minimum atomic E-state index is -0.640. The lowest BCUT2D eigenvalue weighted by molar-refractivity contribution is -0.135. The number of aromatic nitrogens is 2. The standard InChI is InChI=1S/C21H28N4O4/c1-13(2)18(24-21(27)29-4)20(26)25-11-5-6-17(25)19-22-12-16(23-19)14-7-9-15(28-3)10-8-14/h7-10,12-13,17-18H,5-6,11H2,1-4H3,(H,22,23)(H,24,27)/t17-,18+/m1/s1. The van der Waals surface area contributed by atoms with E-state index in [2.05, 4.69) is 20.0 Å². The Bertz CT molecular complexity index is 847. The number of carbonyl (C=O) groups excluding carboxylic acids is 2. The number of ether oxygens (including phenoxy) is 2. The lowest BCUT2D eigenvalue weighted by Gasteiger charge is -2.30. The van der Waals surface area contributed by atoms with Crippen LogP contribution in [0.3, 0.4) is 0 Å². The number of amides is 2. The summed E-state index contributed by atoms with van der Waals surface area (Å²) in [6.07, 6.45) is 2.89. The molecule has 2 N–H and O–H groups in total. The van der Waals surface area contributed by atoms with E-state index in [1.165, 1.54) is 7.11 Å². The van der Waals surface area contributed by atoms with Crippen LogP contribution in [0.4, 0.5) is 4.79 Å². The van der Waals surface area contributed by atoms with Crippen LogP contribution in [0.5, 0.6) is 5.75 Å². The first-order valence-corrected chi connectivity index (χ1v) is 9.79. The number of H-pyrrole nitrogens is 1. The van der Waals surface area contributed by atoms with Gasteiger partial charge in [-0.2, -0.15) is 0 Å². The first-order valence-electron chi connectivity index (χ1n) is 9.79. The molecule has 8 heteroatoms. The van der Waals surface area contributed by atoms with Crippen LogP contribution in [-0.2, 0) is 9.53 Å². The van der Waals surface area contributed by atoms with Crippen molar-refractivity contribution >= 4 is 12.0 Å². The van der Waals surface area contributed by atoms with Gasteiger partial charge in [0.05, 0.1) is 32.2 Å². The highest BCUT2D eigenvalue weighted by Crippen LogP contribution is 2.32. The van der Waals surface area contributed by atoms with Crippen molar-refractivity contribution in [1.29, 1.82) is 0 Å². The van der Waals surface area contributed by atoms with Gasteiger partial charge in [0, 0.05) is 6.54 Å². The van der Waals surface area contributed by atoms with Crippen LogP contribution in [-0.4, -0.2) is 53.7 Å². The number of nitrogens with one attached hydrogen (secondary N) is 2. The summed E-state index contributed by atoms with van der Waals surface area (Å²) in [4.78, 5) is 34.5. The molecule has 1 aromatic heterocycles. The molecule has 0 radical (unpaired) electrons. The Kier molecular flexibility index (Phi) is 6.41. The van der Waals surface area contributed by atoms with Crippen LogP contribution in [0.15, 0.2) is 30.5 Å². The van der Waals surface area contributed by atoms with Crippen molar-refractivity contribution in [3.8, 4) is 17.0 Å². The SMILES string of the molecule is COC(=O)N[C@H](C(=O)N1CCC[C@@H]1c1ncc(-c2ccc(OC)cc2)[nH]1)C(C)C. The largest absolute Gasteiger partial charge is 0.497 e. The van der Waals surface area contributed by atoms with E-state index in [1.807, 2.05) is 38.1 Å². The van der Waals surface area contributed by atoms with Crippen LogP contribution in [0.1, 0.15) is 38.6 Å². The van der Waals surface area contributed by atoms with Crippen molar-refractivity contribution in [2.45, 2.75) is 38.8 Å². The number of benzene rings is 1. The molecule has 2 amide bonds. The first kappa shape index (κ1) is 20.7. The predicted molar refractivity (Wildman–Crippen MR) is 108 cm³/mol. The first-order chi connectivity index (χ1) is 13.9. The maximum absolute atomic E-state index is 13.2. The maximum atomic E-state index is 13.2. The van der Waals surface area contributed by atoms with Gasteiger partial charge in [-0.25, -0.2) is 9.78 Å². The number of carbonyl (C=O) groups is 2. The van der Waals surface area contributed by atoms with Gasteiger partial charge in [-0.05, 0) is 48.6 Å². The molecule has 0 bridgehead atoms. The Morgan fingerprint density at radius 3 is 2.59 bits per heavy atom. The number of imidazole rings is 1. The van der Waals surface area contributed by atoms with E-state index in [0.29, 0.717) is 6.54 Å². The second-order valence-electron chi connectivity index (χ2n) is 7.46. The third-order valence-corrected chi connectivity index (χ3v) is 5.24. The summed E-state index contributed by atoms with van der Waals surface area (Å²) in [5.41, 5.74) is 1.88. The predicted octanol–water partition coefficient (Wildman–Crippen LogP) is 3.13. The fourth-order valence-corrected chi connectivity index (χ4v) is 3.62. The van der Waals surface area contributed by atoms with Crippen molar-refractivity contribution < 1.29 is 19.1 Å². The Morgan fingerprint density at radius 2 is 1.97 bits per heavy atom. The Hall–Kier alpha value is -3.03. The molecule has 3 rings (SSSR count). The maximum Gasteiger partial charge on any atom is 0.407 e. The van der Waals surface area contributed by atoms with Crippen LogP contribution >= 0.6 is 0 Å². The van der Waals surface area contributed by atoms with Crippen LogP contribution in [0.25, 0.3) is 11.3 Å². The second-order valence-corrected chi connectivity index (χ2v) is 7.46. The number of methoxy groups -OCH3 is 2. The van der Waals surface area contributed by atoms with E-state index in [9.17, 15) is 9.59 Å². The van der Waals surface area contributed by atoms with Crippen molar-refractivity contribution in [2.75, 3.05) is 20.8 Å². The topological polar surface area (TPSA) is 96.6 Å². The Morgan fingerprint density at radius 1 is 1.24 bits per heavy atom. The molecular formula is C21H28N4O4. The van der Waals surface area contributed by atoms with Crippen LogP contribution in [0.2, 0.25) is 0 Å². The number of hydrogen-bond acceptors (Lipinski definition) is 5. The molecule has 8 nitrogen and oxygen atoms in total. The Balaban J connectivity index is 1.78. The molecule has 1 saturated heterocycles. The number of aromatic amines is 1. The fraction of sp³-hybridized carbons (Fsp3) is 0.476. The summed E-state index contributed by atoms with van der Waals surface area (Å²) < 4.78 is 9.88. The minimum absolute atomic E-state index is 0.0608. The summed E-state index contributed by atoms with van der Waals surface area (Å²) in [5.74, 6) is 1.37.